The van der Waals surface area contributed by atoms with Crippen molar-refractivity contribution in [1.82, 2.24) is 9.55 Å². The van der Waals surface area contributed by atoms with Crippen LogP contribution in [0.5, 0.6) is 0 Å². The molecule has 0 fully saturated rings. The molecule has 2 aromatic rings. The molecule has 1 heterocycles. The summed E-state index contributed by atoms with van der Waals surface area (Å²) in [5, 5.41) is 4.14. The molecule has 0 aliphatic heterocycles. The van der Waals surface area contributed by atoms with Crippen LogP contribution in [0.2, 0.25) is 5.02 Å². The number of nitrogens with zero attached hydrogens (tertiary/aromatic N) is 2. The summed E-state index contributed by atoms with van der Waals surface area (Å²) in [6.45, 7) is 5.80. The van der Waals surface area contributed by atoms with Crippen LogP contribution < -0.4 is 5.32 Å². The van der Waals surface area contributed by atoms with E-state index in [0.29, 0.717) is 0 Å². The van der Waals surface area contributed by atoms with Crippen LogP contribution in [0.3, 0.4) is 0 Å². The van der Waals surface area contributed by atoms with Gasteiger partial charge in [0.2, 0.25) is 0 Å². The van der Waals surface area contributed by atoms with Gasteiger partial charge in [0, 0.05) is 23.5 Å². The maximum Gasteiger partial charge on any atom is 0.0948 e. The molecule has 1 N–H and O–H groups in total. The Hall–Kier alpha value is -1.48. The molecule has 3 nitrogen and oxygen atoms in total. The molecule has 0 saturated carbocycles. The zero-order chi connectivity index (χ0) is 12.3. The van der Waals surface area contributed by atoms with Crippen molar-refractivity contribution in [2.24, 2.45) is 0 Å². The molecule has 17 heavy (non-hydrogen) atoms. The number of aryl methyl sites for hydroxylation is 2. The summed E-state index contributed by atoms with van der Waals surface area (Å²) in [7, 11) is 0. The Morgan fingerprint density at radius 2 is 2.24 bits per heavy atom. The first-order valence-electron chi connectivity index (χ1n) is 5.69. The average Bonchev–Trinajstić information content (AvgIpc) is 2.78. The molecule has 0 unspecified atom stereocenters. The first-order valence-corrected chi connectivity index (χ1v) is 6.07. The summed E-state index contributed by atoms with van der Waals surface area (Å²) in [5.74, 6) is 0. The molecule has 0 bridgehead atoms. The molecule has 0 aliphatic carbocycles. The van der Waals surface area contributed by atoms with E-state index in [2.05, 4.69) is 21.8 Å². The minimum Gasteiger partial charge on any atom is -0.379 e. The number of hydrogen-bond donors (Lipinski definition) is 1. The third-order valence-corrected chi connectivity index (χ3v) is 3.19. The fourth-order valence-corrected chi connectivity index (χ4v) is 1.86. The van der Waals surface area contributed by atoms with E-state index in [1.807, 2.05) is 37.6 Å². The topological polar surface area (TPSA) is 29.9 Å². The fourth-order valence-electron chi connectivity index (χ4n) is 1.68. The van der Waals surface area contributed by atoms with Gasteiger partial charge in [-0.05, 0) is 31.5 Å². The van der Waals surface area contributed by atoms with Crippen LogP contribution >= 0.6 is 11.6 Å². The summed E-state index contributed by atoms with van der Waals surface area (Å²) in [5.41, 5.74) is 3.30. The lowest BCUT2D eigenvalue weighted by Gasteiger charge is -2.09. The standard InChI is InChI=1S/C13H16ClN3/c1-3-17-9-15-7-12(17)8-16-11-5-4-10(2)13(14)6-11/h4-7,9,16H,3,8H2,1-2H3. The predicted molar refractivity (Wildman–Crippen MR) is 71.4 cm³/mol. The van der Waals surface area contributed by atoms with Crippen molar-refractivity contribution in [2.45, 2.75) is 26.9 Å². The van der Waals surface area contributed by atoms with E-state index in [4.69, 9.17) is 11.6 Å². The molecular weight excluding hydrogens is 234 g/mol. The number of anilines is 1. The van der Waals surface area contributed by atoms with Crippen molar-refractivity contribution in [3.8, 4) is 0 Å². The van der Waals surface area contributed by atoms with Gasteiger partial charge in [0.05, 0.1) is 18.6 Å². The van der Waals surface area contributed by atoms with Crippen LogP contribution in [-0.2, 0) is 13.1 Å². The van der Waals surface area contributed by atoms with Gasteiger partial charge < -0.3 is 9.88 Å². The van der Waals surface area contributed by atoms with Crippen LogP contribution in [0.1, 0.15) is 18.2 Å². The van der Waals surface area contributed by atoms with Crippen LogP contribution in [0.4, 0.5) is 5.69 Å². The van der Waals surface area contributed by atoms with Gasteiger partial charge in [0.15, 0.2) is 0 Å². The second-order valence-electron chi connectivity index (χ2n) is 3.99. The number of nitrogens with one attached hydrogen (secondary N) is 1. The van der Waals surface area contributed by atoms with E-state index in [1.165, 1.54) is 5.69 Å². The molecule has 90 valence electrons. The summed E-state index contributed by atoms with van der Waals surface area (Å²) in [6, 6.07) is 6.00. The summed E-state index contributed by atoms with van der Waals surface area (Å²) >= 11 is 6.08. The highest BCUT2D eigenvalue weighted by molar-refractivity contribution is 6.31. The Morgan fingerprint density at radius 3 is 2.94 bits per heavy atom. The Labute approximate surface area is 106 Å². The Kier molecular flexibility index (Phi) is 3.69. The molecule has 0 saturated heterocycles. The monoisotopic (exact) mass is 249 g/mol. The van der Waals surface area contributed by atoms with Crippen LogP contribution in [0, 0.1) is 6.92 Å². The lowest BCUT2D eigenvalue weighted by Crippen LogP contribution is -2.05. The van der Waals surface area contributed by atoms with Crippen LogP contribution in [-0.4, -0.2) is 9.55 Å². The highest BCUT2D eigenvalue weighted by atomic mass is 35.5. The highest BCUT2D eigenvalue weighted by Crippen LogP contribution is 2.20. The number of hydrogen-bond acceptors (Lipinski definition) is 2. The van der Waals surface area contributed by atoms with E-state index in [-0.39, 0.29) is 0 Å². The van der Waals surface area contributed by atoms with Crippen LogP contribution in [0.25, 0.3) is 0 Å². The maximum absolute atomic E-state index is 6.08. The molecule has 0 atom stereocenters. The summed E-state index contributed by atoms with van der Waals surface area (Å²) < 4.78 is 2.11. The van der Waals surface area contributed by atoms with E-state index in [0.717, 1.165) is 29.4 Å². The van der Waals surface area contributed by atoms with Crippen molar-refractivity contribution in [3.63, 3.8) is 0 Å². The lowest BCUT2D eigenvalue weighted by molar-refractivity contribution is 0.719. The van der Waals surface area contributed by atoms with E-state index < -0.39 is 0 Å². The van der Waals surface area contributed by atoms with E-state index >= 15 is 0 Å². The van der Waals surface area contributed by atoms with E-state index in [9.17, 15) is 0 Å². The first-order chi connectivity index (χ1) is 8.20. The maximum atomic E-state index is 6.08. The lowest BCUT2D eigenvalue weighted by atomic mass is 10.2. The molecule has 0 aliphatic rings. The number of rotatable bonds is 4. The van der Waals surface area contributed by atoms with Gasteiger partial charge in [0.1, 0.15) is 0 Å². The van der Waals surface area contributed by atoms with Gasteiger partial charge in [-0.25, -0.2) is 4.98 Å². The highest BCUT2D eigenvalue weighted by Gasteiger charge is 2.01. The smallest absolute Gasteiger partial charge is 0.0948 e. The number of aromatic nitrogens is 2. The normalized spacial score (nSPS) is 10.5. The Morgan fingerprint density at radius 1 is 1.41 bits per heavy atom. The molecular formula is C13H16ClN3. The zero-order valence-corrected chi connectivity index (χ0v) is 10.8. The first kappa shape index (κ1) is 12.0. The zero-order valence-electron chi connectivity index (χ0n) is 10.1. The third-order valence-electron chi connectivity index (χ3n) is 2.78. The van der Waals surface area contributed by atoms with Gasteiger partial charge in [-0.1, -0.05) is 17.7 Å². The Bertz CT molecular complexity index is 505. The number of benzene rings is 1. The number of imidazole rings is 1. The van der Waals surface area contributed by atoms with Crippen molar-refractivity contribution in [2.75, 3.05) is 5.32 Å². The van der Waals surface area contributed by atoms with E-state index in [1.54, 1.807) is 0 Å². The third kappa shape index (κ3) is 2.80. The largest absolute Gasteiger partial charge is 0.379 e. The van der Waals surface area contributed by atoms with Crippen molar-refractivity contribution >= 4 is 17.3 Å². The van der Waals surface area contributed by atoms with Crippen LogP contribution in [0.15, 0.2) is 30.7 Å². The fraction of sp³-hybridized carbons (Fsp3) is 0.308. The van der Waals surface area contributed by atoms with Crippen molar-refractivity contribution in [1.29, 1.82) is 0 Å². The molecule has 0 radical (unpaired) electrons. The second-order valence-corrected chi connectivity index (χ2v) is 4.40. The molecule has 4 heteroatoms. The van der Waals surface area contributed by atoms with Gasteiger partial charge in [0.25, 0.3) is 0 Å². The Balaban J connectivity index is 2.05. The predicted octanol–water partition coefficient (Wildman–Crippen LogP) is 3.48. The SMILES string of the molecule is CCn1cncc1CNc1ccc(C)c(Cl)c1. The molecule has 2 rings (SSSR count). The van der Waals surface area contributed by atoms with Gasteiger partial charge >= 0.3 is 0 Å². The molecule has 0 spiro atoms. The summed E-state index contributed by atoms with van der Waals surface area (Å²) in [6.07, 6.45) is 3.73. The minimum absolute atomic E-state index is 0.757. The van der Waals surface area contributed by atoms with Crippen molar-refractivity contribution in [3.05, 3.63) is 47.0 Å². The summed E-state index contributed by atoms with van der Waals surface area (Å²) in [4.78, 5) is 4.13. The van der Waals surface area contributed by atoms with Gasteiger partial charge in [-0.3, -0.25) is 0 Å². The molecule has 1 aromatic carbocycles. The molecule has 1 aromatic heterocycles. The molecule has 0 amide bonds. The average molecular weight is 250 g/mol. The second kappa shape index (κ2) is 5.23. The number of halogens is 1. The minimum atomic E-state index is 0.757. The van der Waals surface area contributed by atoms with Gasteiger partial charge in [-0.2, -0.15) is 0 Å². The van der Waals surface area contributed by atoms with Crippen molar-refractivity contribution < 1.29 is 0 Å². The van der Waals surface area contributed by atoms with Gasteiger partial charge in [-0.15, -0.1) is 0 Å². The quantitative estimate of drug-likeness (QED) is 0.899.